The molecule has 2 aliphatic rings. The van der Waals surface area contributed by atoms with E-state index < -0.39 is 29.0 Å². The average molecular weight is 269 g/mol. The van der Waals surface area contributed by atoms with Gasteiger partial charge < -0.3 is 14.7 Å². The van der Waals surface area contributed by atoms with Crippen LogP contribution in [0.25, 0.3) is 0 Å². The predicted octanol–water partition coefficient (Wildman–Crippen LogP) is 1.29. The second kappa shape index (κ2) is 4.21. The number of carboxylic acids is 1. The summed E-state index contributed by atoms with van der Waals surface area (Å²) in [7, 11) is 0. The Kier molecular flexibility index (Phi) is 3.07. The maximum Gasteiger partial charge on any atom is 0.410 e. The first kappa shape index (κ1) is 13.8. The Bertz CT molecular complexity index is 431. The van der Waals surface area contributed by atoms with E-state index >= 15 is 0 Å². The standard InChI is InChI=1S/C13H19NO5/c1-12(2,3)19-11(18)14-6-13(7-14)5-8(15)4-9(13)10(16)17/h9H,4-7H2,1-3H3,(H,16,17). The zero-order valence-corrected chi connectivity index (χ0v) is 11.4. The van der Waals surface area contributed by atoms with E-state index in [1.54, 1.807) is 20.8 Å². The Morgan fingerprint density at radius 1 is 1.37 bits per heavy atom. The van der Waals surface area contributed by atoms with Gasteiger partial charge in [-0.3, -0.25) is 9.59 Å². The fraction of sp³-hybridized carbons (Fsp3) is 0.769. The van der Waals surface area contributed by atoms with Crippen LogP contribution in [-0.2, 0) is 14.3 Å². The van der Waals surface area contributed by atoms with Gasteiger partial charge in [-0.25, -0.2) is 4.79 Å². The number of rotatable bonds is 1. The topological polar surface area (TPSA) is 83.9 Å². The summed E-state index contributed by atoms with van der Waals surface area (Å²) >= 11 is 0. The third-order valence-electron chi connectivity index (χ3n) is 3.68. The molecule has 1 aliphatic heterocycles. The van der Waals surface area contributed by atoms with Gasteiger partial charge in [0, 0.05) is 31.3 Å². The summed E-state index contributed by atoms with van der Waals surface area (Å²) in [6, 6.07) is 0. The fourth-order valence-corrected chi connectivity index (χ4v) is 2.88. The molecule has 1 aliphatic carbocycles. The number of hydrogen-bond acceptors (Lipinski definition) is 4. The van der Waals surface area contributed by atoms with Gasteiger partial charge in [0.1, 0.15) is 11.4 Å². The molecule has 1 atom stereocenters. The van der Waals surface area contributed by atoms with Crippen LogP contribution in [0, 0.1) is 11.3 Å². The molecule has 106 valence electrons. The van der Waals surface area contributed by atoms with E-state index in [0.717, 1.165) is 0 Å². The Morgan fingerprint density at radius 2 is 1.95 bits per heavy atom. The number of amides is 1. The molecule has 0 aromatic heterocycles. The number of carboxylic acid groups (broad SMARTS) is 1. The average Bonchev–Trinajstić information content (AvgIpc) is 2.50. The fourth-order valence-electron chi connectivity index (χ4n) is 2.88. The summed E-state index contributed by atoms with van der Waals surface area (Å²) in [6.45, 7) is 5.92. The molecular formula is C13H19NO5. The first-order chi connectivity index (χ1) is 8.63. The van der Waals surface area contributed by atoms with Crippen molar-refractivity contribution in [3.05, 3.63) is 0 Å². The summed E-state index contributed by atoms with van der Waals surface area (Å²) in [6.07, 6.45) is -0.109. The zero-order chi connectivity index (χ0) is 14.4. The Morgan fingerprint density at radius 3 is 2.42 bits per heavy atom. The van der Waals surface area contributed by atoms with E-state index in [1.807, 2.05) is 0 Å². The summed E-state index contributed by atoms with van der Waals surface area (Å²) in [5, 5.41) is 9.16. The Labute approximate surface area is 111 Å². The number of Topliss-reactive ketones (excluding diaryl/α,β-unsaturated/α-hetero) is 1. The molecule has 19 heavy (non-hydrogen) atoms. The van der Waals surface area contributed by atoms with Gasteiger partial charge in [-0.1, -0.05) is 0 Å². The summed E-state index contributed by atoms with van der Waals surface area (Å²) in [5.41, 5.74) is -1.14. The highest BCUT2D eigenvalue weighted by atomic mass is 16.6. The van der Waals surface area contributed by atoms with Crippen LogP contribution >= 0.6 is 0 Å². The van der Waals surface area contributed by atoms with Crippen molar-refractivity contribution in [1.29, 1.82) is 0 Å². The van der Waals surface area contributed by atoms with Crippen molar-refractivity contribution >= 4 is 17.8 Å². The smallest absolute Gasteiger partial charge is 0.410 e. The lowest BCUT2D eigenvalue weighted by Gasteiger charge is -2.49. The van der Waals surface area contributed by atoms with Crippen LogP contribution in [0.15, 0.2) is 0 Å². The van der Waals surface area contributed by atoms with E-state index in [4.69, 9.17) is 9.84 Å². The summed E-state index contributed by atoms with van der Waals surface area (Å²) in [4.78, 5) is 35.9. The monoisotopic (exact) mass is 269 g/mol. The van der Waals surface area contributed by atoms with Gasteiger partial charge in [0.15, 0.2) is 0 Å². The predicted molar refractivity (Wildman–Crippen MR) is 65.6 cm³/mol. The van der Waals surface area contributed by atoms with Crippen LogP contribution in [0.5, 0.6) is 0 Å². The molecular weight excluding hydrogens is 250 g/mol. The maximum absolute atomic E-state index is 11.8. The quantitative estimate of drug-likeness (QED) is 0.775. The molecule has 1 unspecified atom stereocenters. The first-order valence-electron chi connectivity index (χ1n) is 6.35. The van der Waals surface area contributed by atoms with Crippen LogP contribution in [0.1, 0.15) is 33.6 Å². The summed E-state index contributed by atoms with van der Waals surface area (Å²) < 4.78 is 5.22. The van der Waals surface area contributed by atoms with Gasteiger partial charge in [0.05, 0.1) is 5.92 Å². The van der Waals surface area contributed by atoms with Gasteiger partial charge in [0.25, 0.3) is 0 Å². The van der Waals surface area contributed by atoms with Crippen molar-refractivity contribution in [2.45, 2.75) is 39.2 Å². The minimum absolute atomic E-state index is 0.0313. The lowest BCUT2D eigenvalue weighted by atomic mass is 9.71. The molecule has 0 radical (unpaired) electrons. The highest BCUT2D eigenvalue weighted by Crippen LogP contribution is 2.48. The highest BCUT2D eigenvalue weighted by Gasteiger charge is 2.58. The SMILES string of the molecule is CC(C)(C)OC(=O)N1CC2(CC(=O)CC2C(=O)O)C1. The molecule has 0 bridgehead atoms. The number of likely N-dealkylation sites (tertiary alicyclic amines) is 1. The second-order valence-electron chi connectivity index (χ2n) is 6.51. The molecule has 1 N–H and O–H groups in total. The highest BCUT2D eigenvalue weighted by molar-refractivity contribution is 5.90. The van der Waals surface area contributed by atoms with Crippen molar-refractivity contribution < 1.29 is 24.2 Å². The van der Waals surface area contributed by atoms with Gasteiger partial charge in [-0.2, -0.15) is 0 Å². The van der Waals surface area contributed by atoms with E-state index in [9.17, 15) is 14.4 Å². The number of nitrogens with zero attached hydrogens (tertiary/aromatic N) is 1. The van der Waals surface area contributed by atoms with Gasteiger partial charge >= 0.3 is 12.1 Å². The van der Waals surface area contributed by atoms with Crippen molar-refractivity contribution in [2.75, 3.05) is 13.1 Å². The molecule has 1 saturated heterocycles. The number of aliphatic carboxylic acids is 1. The van der Waals surface area contributed by atoms with Crippen molar-refractivity contribution in [3.63, 3.8) is 0 Å². The third-order valence-corrected chi connectivity index (χ3v) is 3.68. The van der Waals surface area contributed by atoms with E-state index in [0.29, 0.717) is 13.1 Å². The molecule has 2 fully saturated rings. The zero-order valence-electron chi connectivity index (χ0n) is 11.4. The van der Waals surface area contributed by atoms with Crippen LogP contribution in [-0.4, -0.2) is 46.5 Å². The van der Waals surface area contributed by atoms with E-state index in [1.165, 1.54) is 4.90 Å². The van der Waals surface area contributed by atoms with Gasteiger partial charge in [-0.05, 0) is 20.8 Å². The third kappa shape index (κ3) is 2.57. The molecule has 6 heteroatoms. The van der Waals surface area contributed by atoms with Crippen LogP contribution in [0.4, 0.5) is 4.79 Å². The molecule has 0 aromatic carbocycles. The van der Waals surface area contributed by atoms with Crippen LogP contribution < -0.4 is 0 Å². The lowest BCUT2D eigenvalue weighted by molar-refractivity contribution is -0.151. The molecule has 1 amide bonds. The lowest BCUT2D eigenvalue weighted by Crippen LogP contribution is -2.61. The maximum atomic E-state index is 11.8. The van der Waals surface area contributed by atoms with Crippen LogP contribution in [0.2, 0.25) is 0 Å². The normalized spacial score (nSPS) is 25.3. The Balaban J connectivity index is 1.99. The Hall–Kier alpha value is -1.59. The number of carbonyl (C=O) groups is 3. The molecule has 1 heterocycles. The van der Waals surface area contributed by atoms with Crippen molar-refractivity contribution in [3.8, 4) is 0 Å². The largest absolute Gasteiger partial charge is 0.481 e. The number of carbonyl (C=O) groups excluding carboxylic acids is 2. The van der Waals surface area contributed by atoms with Gasteiger partial charge in [-0.15, -0.1) is 0 Å². The first-order valence-corrected chi connectivity index (χ1v) is 6.35. The van der Waals surface area contributed by atoms with Crippen molar-refractivity contribution in [2.24, 2.45) is 11.3 Å². The van der Waals surface area contributed by atoms with E-state index in [2.05, 4.69) is 0 Å². The minimum Gasteiger partial charge on any atom is -0.481 e. The molecule has 6 nitrogen and oxygen atoms in total. The van der Waals surface area contributed by atoms with Gasteiger partial charge in [0.2, 0.25) is 0 Å². The molecule has 1 spiro atoms. The molecule has 0 aromatic rings. The van der Waals surface area contributed by atoms with E-state index in [-0.39, 0.29) is 18.6 Å². The van der Waals surface area contributed by atoms with Crippen molar-refractivity contribution in [1.82, 2.24) is 4.90 Å². The minimum atomic E-state index is -0.949. The summed E-state index contributed by atoms with van der Waals surface area (Å²) in [5.74, 6) is -1.65. The number of hydrogen-bond donors (Lipinski definition) is 1. The number of ketones is 1. The molecule has 2 rings (SSSR count). The number of ether oxygens (including phenoxy) is 1. The van der Waals surface area contributed by atoms with Crippen LogP contribution in [0.3, 0.4) is 0 Å². The second-order valence-corrected chi connectivity index (χ2v) is 6.51. The molecule has 1 saturated carbocycles.